The van der Waals surface area contributed by atoms with Crippen molar-refractivity contribution < 1.29 is 4.39 Å². The second-order valence-electron chi connectivity index (χ2n) is 6.81. The molecule has 142 valence electrons. The lowest BCUT2D eigenvalue weighted by molar-refractivity contribution is 0.623. The third-order valence-corrected chi connectivity index (χ3v) is 5.20. The Labute approximate surface area is 170 Å². The van der Waals surface area contributed by atoms with Crippen LogP contribution in [0.25, 0.3) is 28.2 Å². The van der Waals surface area contributed by atoms with Crippen molar-refractivity contribution in [2.45, 2.75) is 20.4 Å². The van der Waals surface area contributed by atoms with Gasteiger partial charge < -0.3 is 4.57 Å². The van der Waals surface area contributed by atoms with Crippen LogP contribution in [0.5, 0.6) is 0 Å². The number of nitrogens with zero attached hydrogens (tertiary/aromatic N) is 2. The molecule has 0 aliphatic heterocycles. The van der Waals surface area contributed by atoms with Crippen molar-refractivity contribution in [2.24, 2.45) is 0 Å². The maximum atomic E-state index is 13.7. The lowest BCUT2D eigenvalue weighted by Gasteiger charge is -2.12. The third kappa shape index (κ3) is 3.46. The predicted molar refractivity (Wildman–Crippen MR) is 117 cm³/mol. The van der Waals surface area contributed by atoms with Crippen molar-refractivity contribution in [1.82, 2.24) is 9.55 Å². The molecular formula is C24H22ClFN2. The zero-order valence-electron chi connectivity index (χ0n) is 15.9. The Balaban J connectivity index is 0.00000225. The number of halogens is 2. The van der Waals surface area contributed by atoms with Gasteiger partial charge in [-0.05, 0) is 48.7 Å². The van der Waals surface area contributed by atoms with E-state index in [-0.39, 0.29) is 18.2 Å². The van der Waals surface area contributed by atoms with Crippen LogP contribution in [0, 0.1) is 19.7 Å². The number of fused-ring (bicyclic) bond motifs is 1. The molecular weight excluding hydrogens is 371 g/mol. The van der Waals surface area contributed by atoms with Crippen LogP contribution in [0.1, 0.15) is 22.4 Å². The van der Waals surface area contributed by atoms with Gasteiger partial charge >= 0.3 is 0 Å². The fourth-order valence-electron chi connectivity index (χ4n) is 3.60. The Morgan fingerprint density at radius 2 is 1.82 bits per heavy atom. The topological polar surface area (TPSA) is 17.8 Å². The van der Waals surface area contributed by atoms with Gasteiger partial charge in [0.2, 0.25) is 0 Å². The first-order valence-corrected chi connectivity index (χ1v) is 9.00. The maximum absolute atomic E-state index is 13.7. The van der Waals surface area contributed by atoms with E-state index in [1.807, 2.05) is 30.5 Å². The second-order valence-corrected chi connectivity index (χ2v) is 6.81. The van der Waals surface area contributed by atoms with E-state index < -0.39 is 0 Å². The predicted octanol–water partition coefficient (Wildman–Crippen LogP) is 6.57. The molecule has 4 aromatic rings. The van der Waals surface area contributed by atoms with Crippen LogP contribution in [0.2, 0.25) is 0 Å². The molecule has 0 saturated carbocycles. The highest BCUT2D eigenvalue weighted by Gasteiger charge is 2.16. The molecule has 0 unspecified atom stereocenters. The van der Waals surface area contributed by atoms with E-state index in [1.54, 1.807) is 12.1 Å². The standard InChI is InChI=1S/C24H21FN2.ClH/c1-4-18-8-10-20(11-9-18)23-24-22(12-13-26-23)16(2)17(3)27(24)15-19-6-5-7-21(25)14-19;/h4-14H,1,15H2,2-3H3;1H. The highest BCUT2D eigenvalue weighted by atomic mass is 35.5. The first kappa shape index (κ1) is 19.8. The molecule has 0 saturated heterocycles. The van der Waals surface area contributed by atoms with Gasteiger partial charge in [0.05, 0.1) is 11.2 Å². The first-order chi connectivity index (χ1) is 13.1. The summed E-state index contributed by atoms with van der Waals surface area (Å²) >= 11 is 0. The summed E-state index contributed by atoms with van der Waals surface area (Å²) in [7, 11) is 0. The summed E-state index contributed by atoms with van der Waals surface area (Å²) in [6, 6.07) is 17.1. The van der Waals surface area contributed by atoms with E-state index >= 15 is 0 Å². The number of hydrogen-bond donors (Lipinski definition) is 0. The molecule has 0 amide bonds. The van der Waals surface area contributed by atoms with Crippen LogP contribution in [-0.2, 0) is 6.54 Å². The summed E-state index contributed by atoms with van der Waals surface area (Å²) in [5, 5.41) is 1.18. The number of benzene rings is 2. The highest BCUT2D eigenvalue weighted by Crippen LogP contribution is 2.33. The van der Waals surface area contributed by atoms with Gasteiger partial charge in [-0.3, -0.25) is 4.98 Å². The van der Waals surface area contributed by atoms with Gasteiger partial charge in [0.25, 0.3) is 0 Å². The summed E-state index contributed by atoms with van der Waals surface area (Å²) < 4.78 is 15.9. The Kier molecular flexibility index (Phi) is 5.66. The van der Waals surface area contributed by atoms with Crippen LogP contribution in [0.4, 0.5) is 4.39 Å². The molecule has 0 aliphatic rings. The van der Waals surface area contributed by atoms with Crippen molar-refractivity contribution in [2.75, 3.05) is 0 Å². The van der Waals surface area contributed by atoms with Crippen molar-refractivity contribution in [3.8, 4) is 11.3 Å². The average Bonchev–Trinajstić information content (AvgIpc) is 2.93. The zero-order chi connectivity index (χ0) is 19.0. The number of pyridine rings is 1. The zero-order valence-corrected chi connectivity index (χ0v) is 16.8. The molecule has 2 nitrogen and oxygen atoms in total. The minimum atomic E-state index is -0.211. The van der Waals surface area contributed by atoms with E-state index in [0.29, 0.717) is 6.54 Å². The summed E-state index contributed by atoms with van der Waals surface area (Å²) in [5.74, 6) is -0.211. The number of aromatic nitrogens is 2. The van der Waals surface area contributed by atoms with Gasteiger partial charge in [-0.2, -0.15) is 0 Å². The van der Waals surface area contributed by atoms with E-state index in [0.717, 1.165) is 27.9 Å². The molecule has 2 aromatic carbocycles. The van der Waals surface area contributed by atoms with Crippen LogP contribution in [-0.4, -0.2) is 9.55 Å². The fourth-order valence-corrected chi connectivity index (χ4v) is 3.60. The van der Waals surface area contributed by atoms with E-state index in [4.69, 9.17) is 0 Å². The van der Waals surface area contributed by atoms with Gasteiger partial charge in [-0.15, -0.1) is 12.4 Å². The highest BCUT2D eigenvalue weighted by molar-refractivity contribution is 5.95. The van der Waals surface area contributed by atoms with Gasteiger partial charge in [-0.1, -0.05) is 49.1 Å². The summed E-state index contributed by atoms with van der Waals surface area (Å²) in [6.07, 6.45) is 3.69. The van der Waals surface area contributed by atoms with Crippen LogP contribution in [0.3, 0.4) is 0 Å². The Hall–Kier alpha value is -2.91. The molecule has 0 atom stereocenters. The van der Waals surface area contributed by atoms with Crippen LogP contribution in [0.15, 0.2) is 67.4 Å². The van der Waals surface area contributed by atoms with Crippen molar-refractivity contribution in [1.29, 1.82) is 0 Å². The quantitative estimate of drug-likeness (QED) is 0.384. The lowest BCUT2D eigenvalue weighted by atomic mass is 10.1. The Bertz CT molecular complexity index is 1140. The normalized spacial score (nSPS) is 10.7. The summed E-state index contributed by atoms with van der Waals surface area (Å²) in [6.45, 7) is 8.66. The maximum Gasteiger partial charge on any atom is 0.123 e. The van der Waals surface area contributed by atoms with E-state index in [1.165, 1.54) is 22.7 Å². The number of hydrogen-bond acceptors (Lipinski definition) is 1. The molecule has 0 N–H and O–H groups in total. The van der Waals surface area contributed by atoms with Gasteiger partial charge in [0.15, 0.2) is 0 Å². The van der Waals surface area contributed by atoms with Crippen molar-refractivity contribution >= 4 is 29.4 Å². The minimum absolute atomic E-state index is 0. The van der Waals surface area contributed by atoms with E-state index in [9.17, 15) is 4.39 Å². The Morgan fingerprint density at radius 3 is 2.50 bits per heavy atom. The monoisotopic (exact) mass is 392 g/mol. The van der Waals surface area contributed by atoms with E-state index in [2.05, 4.69) is 48.2 Å². The number of aryl methyl sites for hydroxylation is 1. The van der Waals surface area contributed by atoms with Crippen molar-refractivity contribution in [3.63, 3.8) is 0 Å². The minimum Gasteiger partial charge on any atom is -0.338 e. The van der Waals surface area contributed by atoms with Crippen molar-refractivity contribution in [3.05, 3.63) is 95.6 Å². The molecule has 2 heterocycles. The lowest BCUT2D eigenvalue weighted by Crippen LogP contribution is -2.03. The number of rotatable bonds is 4. The summed E-state index contributed by atoms with van der Waals surface area (Å²) in [4.78, 5) is 4.69. The summed E-state index contributed by atoms with van der Waals surface area (Å²) in [5.41, 5.74) is 7.50. The smallest absolute Gasteiger partial charge is 0.123 e. The van der Waals surface area contributed by atoms with Gasteiger partial charge in [-0.25, -0.2) is 4.39 Å². The molecule has 0 radical (unpaired) electrons. The molecule has 4 heteroatoms. The van der Waals surface area contributed by atoms with Crippen LogP contribution < -0.4 is 0 Å². The molecule has 28 heavy (non-hydrogen) atoms. The van der Waals surface area contributed by atoms with Crippen LogP contribution >= 0.6 is 12.4 Å². The largest absolute Gasteiger partial charge is 0.338 e. The molecule has 0 spiro atoms. The van der Waals surface area contributed by atoms with Gasteiger partial charge in [0.1, 0.15) is 5.82 Å². The molecule has 0 aliphatic carbocycles. The van der Waals surface area contributed by atoms with Gasteiger partial charge in [0, 0.05) is 29.4 Å². The molecule has 4 rings (SSSR count). The molecule has 0 fully saturated rings. The molecule has 0 bridgehead atoms. The fraction of sp³-hybridized carbons (Fsp3) is 0.125. The first-order valence-electron chi connectivity index (χ1n) is 9.00. The average molecular weight is 393 g/mol. The Morgan fingerprint density at radius 1 is 1.07 bits per heavy atom. The molecule has 2 aromatic heterocycles. The third-order valence-electron chi connectivity index (χ3n) is 5.20. The SMILES string of the molecule is C=Cc1ccc(-c2nccc3c(C)c(C)n(Cc4cccc(F)c4)c23)cc1.Cl. The second kappa shape index (κ2) is 7.99.